The molecule has 0 aromatic heterocycles. The topological polar surface area (TPSA) is 0 Å². The minimum Gasteiger partial charge on any atom is -0.0683 e. The highest BCUT2D eigenvalue weighted by Crippen LogP contribution is 2.57. The molecule has 6 unspecified atom stereocenters. The summed E-state index contributed by atoms with van der Waals surface area (Å²) in [5.41, 5.74) is 0. The lowest BCUT2D eigenvalue weighted by Crippen LogP contribution is -2.43. The molecule has 4 aliphatic rings. The monoisotopic (exact) mass is 262 g/mol. The van der Waals surface area contributed by atoms with Gasteiger partial charge >= 0.3 is 0 Å². The van der Waals surface area contributed by atoms with Gasteiger partial charge in [-0.2, -0.15) is 0 Å². The van der Waals surface area contributed by atoms with Gasteiger partial charge in [0.05, 0.1) is 0 Å². The van der Waals surface area contributed by atoms with Gasteiger partial charge in [0.2, 0.25) is 0 Å². The lowest BCUT2D eigenvalue weighted by atomic mass is 9.54. The van der Waals surface area contributed by atoms with E-state index in [0.29, 0.717) is 0 Å². The first-order chi connectivity index (χ1) is 9.43. The Morgan fingerprint density at radius 1 is 0.421 bits per heavy atom. The number of hydrogen-bond donors (Lipinski definition) is 0. The van der Waals surface area contributed by atoms with Crippen LogP contribution in [0.15, 0.2) is 0 Å². The molecule has 4 fully saturated rings. The van der Waals surface area contributed by atoms with Gasteiger partial charge in [-0.25, -0.2) is 0 Å². The van der Waals surface area contributed by atoms with Crippen molar-refractivity contribution in [3.8, 4) is 0 Å². The molecule has 0 spiro atoms. The SMILES string of the molecule is C1CCC2C(C1)CCC1C3CCCC3CCC21.CC. The number of fused-ring (bicyclic) bond motifs is 5. The Kier molecular flexibility index (Phi) is 4.54. The van der Waals surface area contributed by atoms with Gasteiger partial charge in [0.25, 0.3) is 0 Å². The van der Waals surface area contributed by atoms with Crippen molar-refractivity contribution in [1.82, 2.24) is 0 Å². The van der Waals surface area contributed by atoms with E-state index in [0.717, 1.165) is 11.8 Å². The molecule has 0 amide bonds. The predicted octanol–water partition coefficient (Wildman–Crippen LogP) is 6.06. The molecule has 0 nitrogen and oxygen atoms in total. The highest BCUT2D eigenvalue weighted by atomic mass is 14.5. The standard InChI is InChI=1S/C17H28.C2H6/c1-2-6-14-12(4-1)8-10-17-15-7-3-5-13(15)9-11-16(14)17;1-2/h12-17H,1-11H2;1-2H3. The third kappa shape index (κ3) is 2.49. The summed E-state index contributed by atoms with van der Waals surface area (Å²) in [6.45, 7) is 4.00. The van der Waals surface area contributed by atoms with Crippen LogP contribution in [0.25, 0.3) is 0 Å². The van der Waals surface area contributed by atoms with Gasteiger partial charge in [0, 0.05) is 0 Å². The third-order valence-electron chi connectivity index (χ3n) is 7.08. The quantitative estimate of drug-likeness (QED) is 0.498. The second kappa shape index (κ2) is 6.19. The van der Waals surface area contributed by atoms with Gasteiger partial charge < -0.3 is 0 Å². The van der Waals surface area contributed by atoms with E-state index in [4.69, 9.17) is 0 Å². The molecule has 0 aliphatic heterocycles. The van der Waals surface area contributed by atoms with E-state index in [1.165, 1.54) is 23.7 Å². The van der Waals surface area contributed by atoms with Crippen LogP contribution < -0.4 is 0 Å². The zero-order valence-corrected chi connectivity index (χ0v) is 13.2. The van der Waals surface area contributed by atoms with Gasteiger partial charge in [-0.3, -0.25) is 0 Å². The second-order valence-corrected chi connectivity index (χ2v) is 7.55. The summed E-state index contributed by atoms with van der Waals surface area (Å²) in [4.78, 5) is 0. The molecule has 0 heteroatoms. The molecular weight excluding hydrogens is 228 g/mol. The van der Waals surface area contributed by atoms with Crippen molar-refractivity contribution in [1.29, 1.82) is 0 Å². The van der Waals surface area contributed by atoms with Crippen molar-refractivity contribution in [2.45, 2.75) is 84.5 Å². The summed E-state index contributed by atoms with van der Waals surface area (Å²) in [7, 11) is 0. The van der Waals surface area contributed by atoms with E-state index < -0.39 is 0 Å². The fourth-order valence-corrected chi connectivity index (χ4v) is 6.45. The van der Waals surface area contributed by atoms with Crippen LogP contribution in [0.3, 0.4) is 0 Å². The van der Waals surface area contributed by atoms with Crippen LogP contribution in [0.2, 0.25) is 0 Å². The van der Waals surface area contributed by atoms with Gasteiger partial charge in [-0.15, -0.1) is 0 Å². The molecule has 0 saturated heterocycles. The van der Waals surface area contributed by atoms with E-state index in [2.05, 4.69) is 0 Å². The number of rotatable bonds is 0. The van der Waals surface area contributed by atoms with E-state index in [1.54, 1.807) is 70.6 Å². The summed E-state index contributed by atoms with van der Waals surface area (Å²) < 4.78 is 0. The maximum atomic E-state index is 2.00. The molecule has 0 aromatic rings. The van der Waals surface area contributed by atoms with Crippen molar-refractivity contribution < 1.29 is 0 Å². The van der Waals surface area contributed by atoms with E-state index in [9.17, 15) is 0 Å². The third-order valence-corrected chi connectivity index (χ3v) is 7.08. The average Bonchev–Trinajstić information content (AvgIpc) is 2.97. The maximum Gasteiger partial charge on any atom is -0.0352 e. The normalized spacial score (nSPS) is 48.3. The fourth-order valence-electron chi connectivity index (χ4n) is 6.45. The Balaban J connectivity index is 0.000000528. The first kappa shape index (κ1) is 14.0. The Morgan fingerprint density at radius 2 is 0.895 bits per heavy atom. The molecule has 0 N–H and O–H groups in total. The van der Waals surface area contributed by atoms with Gasteiger partial charge in [0.1, 0.15) is 0 Å². The molecule has 0 radical (unpaired) electrons. The summed E-state index contributed by atoms with van der Waals surface area (Å²) in [5.74, 6) is 7.02. The zero-order valence-electron chi connectivity index (χ0n) is 13.2. The van der Waals surface area contributed by atoms with Crippen molar-refractivity contribution in [3.05, 3.63) is 0 Å². The molecule has 4 aliphatic carbocycles. The summed E-state index contributed by atoms with van der Waals surface area (Å²) in [6.07, 6.45) is 17.5. The zero-order chi connectivity index (χ0) is 13.2. The van der Waals surface area contributed by atoms with Crippen molar-refractivity contribution in [3.63, 3.8) is 0 Å². The molecule has 0 bridgehead atoms. The minimum absolute atomic E-state index is 1.16. The molecule has 19 heavy (non-hydrogen) atoms. The van der Waals surface area contributed by atoms with Crippen molar-refractivity contribution >= 4 is 0 Å². The van der Waals surface area contributed by atoms with Crippen LogP contribution >= 0.6 is 0 Å². The Labute approximate surface area is 120 Å². The van der Waals surface area contributed by atoms with Crippen LogP contribution in [-0.4, -0.2) is 0 Å². The maximum absolute atomic E-state index is 2.00. The van der Waals surface area contributed by atoms with E-state index in [1.807, 2.05) is 13.8 Å². The smallest absolute Gasteiger partial charge is 0.0352 e. The molecule has 4 rings (SSSR count). The summed E-state index contributed by atoms with van der Waals surface area (Å²) in [6, 6.07) is 0. The van der Waals surface area contributed by atoms with Crippen molar-refractivity contribution in [2.24, 2.45) is 35.5 Å². The predicted molar refractivity (Wildman–Crippen MR) is 83.1 cm³/mol. The molecule has 6 atom stereocenters. The molecular formula is C19H34. The van der Waals surface area contributed by atoms with Crippen LogP contribution in [0.5, 0.6) is 0 Å². The van der Waals surface area contributed by atoms with Gasteiger partial charge in [-0.05, 0) is 74.0 Å². The minimum atomic E-state index is 1.16. The fraction of sp³-hybridized carbons (Fsp3) is 1.00. The van der Waals surface area contributed by atoms with Crippen molar-refractivity contribution in [2.75, 3.05) is 0 Å². The van der Waals surface area contributed by atoms with Crippen LogP contribution in [-0.2, 0) is 0 Å². The molecule has 110 valence electrons. The van der Waals surface area contributed by atoms with Crippen LogP contribution in [0.4, 0.5) is 0 Å². The highest BCUT2D eigenvalue weighted by Gasteiger charge is 2.48. The summed E-state index contributed by atoms with van der Waals surface area (Å²) in [5, 5.41) is 0. The van der Waals surface area contributed by atoms with Crippen LogP contribution in [0, 0.1) is 35.5 Å². The summed E-state index contributed by atoms with van der Waals surface area (Å²) >= 11 is 0. The first-order valence-corrected chi connectivity index (χ1v) is 9.43. The highest BCUT2D eigenvalue weighted by molar-refractivity contribution is 4.98. The van der Waals surface area contributed by atoms with Crippen LogP contribution in [0.1, 0.15) is 84.5 Å². The lowest BCUT2D eigenvalue weighted by molar-refractivity contribution is -0.0184. The first-order valence-electron chi connectivity index (χ1n) is 9.43. The van der Waals surface area contributed by atoms with Gasteiger partial charge in [-0.1, -0.05) is 46.0 Å². The molecule has 0 heterocycles. The van der Waals surface area contributed by atoms with Gasteiger partial charge in [0.15, 0.2) is 0 Å². The Bertz CT molecular complexity index is 282. The van der Waals surface area contributed by atoms with E-state index in [-0.39, 0.29) is 0 Å². The Hall–Kier alpha value is 0. The average molecular weight is 262 g/mol. The number of hydrogen-bond acceptors (Lipinski definition) is 0. The van der Waals surface area contributed by atoms with E-state index >= 15 is 0 Å². The molecule has 0 aromatic carbocycles. The lowest BCUT2D eigenvalue weighted by Gasteiger charge is -2.51. The Morgan fingerprint density at radius 3 is 1.53 bits per heavy atom. The second-order valence-electron chi connectivity index (χ2n) is 7.55. The molecule has 4 saturated carbocycles. The largest absolute Gasteiger partial charge is 0.0683 e.